The van der Waals surface area contributed by atoms with E-state index in [9.17, 15) is 5.11 Å². The van der Waals surface area contributed by atoms with Gasteiger partial charge in [0.1, 0.15) is 0 Å². The Kier molecular flexibility index (Phi) is 4.63. The lowest BCUT2D eigenvalue weighted by Crippen LogP contribution is -2.61. The van der Waals surface area contributed by atoms with Crippen LogP contribution in [-0.2, 0) is 6.54 Å². The highest BCUT2D eigenvalue weighted by molar-refractivity contribution is 5.62. The Labute approximate surface area is 149 Å². The van der Waals surface area contributed by atoms with Crippen LogP contribution in [0.5, 0.6) is 0 Å². The smallest absolute Gasteiger partial charge is 0.0695 e. The summed E-state index contributed by atoms with van der Waals surface area (Å²) in [5, 5.41) is 17.5. The molecule has 2 saturated heterocycles. The van der Waals surface area contributed by atoms with Crippen LogP contribution in [0.2, 0.25) is 0 Å². The molecule has 0 radical (unpaired) electrons. The van der Waals surface area contributed by atoms with Crippen molar-refractivity contribution in [3.63, 3.8) is 0 Å². The predicted molar refractivity (Wildman–Crippen MR) is 99.1 cm³/mol. The molecule has 0 aliphatic carbocycles. The Balaban J connectivity index is 1.51. The molecule has 2 N–H and O–H groups in total. The molecule has 4 rings (SSSR count). The number of nitrogens with one attached hydrogen (secondary N) is 1. The molecule has 0 unspecified atom stereocenters. The van der Waals surface area contributed by atoms with Crippen molar-refractivity contribution in [1.82, 2.24) is 20.0 Å². The Morgan fingerprint density at radius 1 is 1.24 bits per heavy atom. The molecule has 3 heterocycles. The van der Waals surface area contributed by atoms with Gasteiger partial charge in [-0.3, -0.25) is 10.00 Å². The van der Waals surface area contributed by atoms with Gasteiger partial charge >= 0.3 is 0 Å². The molecule has 0 bridgehead atoms. The number of aromatic nitrogens is 2. The highest BCUT2D eigenvalue weighted by Crippen LogP contribution is 2.41. The first-order chi connectivity index (χ1) is 12.2. The zero-order chi connectivity index (χ0) is 17.3. The molecule has 2 aliphatic heterocycles. The van der Waals surface area contributed by atoms with Gasteiger partial charge in [-0.15, -0.1) is 0 Å². The van der Waals surface area contributed by atoms with Gasteiger partial charge in [-0.1, -0.05) is 30.3 Å². The first-order valence-corrected chi connectivity index (χ1v) is 9.33. The molecule has 1 aromatic heterocycles. The number of fused-ring (bicyclic) bond motifs is 1. The first-order valence-electron chi connectivity index (χ1n) is 9.33. The second-order valence-electron chi connectivity index (χ2n) is 7.74. The van der Waals surface area contributed by atoms with E-state index >= 15 is 0 Å². The second-order valence-corrected chi connectivity index (χ2v) is 7.74. The third-order valence-electron chi connectivity index (χ3n) is 6.27. The third kappa shape index (κ3) is 3.12. The molecular weight excluding hydrogens is 312 g/mol. The van der Waals surface area contributed by atoms with E-state index < -0.39 is 0 Å². The van der Waals surface area contributed by atoms with Gasteiger partial charge in [-0.25, -0.2) is 0 Å². The summed E-state index contributed by atoms with van der Waals surface area (Å²) in [5.74, 6) is 0. The fraction of sp³-hybridized carbons (Fsp3) is 0.550. The molecule has 0 amide bonds. The van der Waals surface area contributed by atoms with Gasteiger partial charge in [0.05, 0.1) is 18.5 Å². The van der Waals surface area contributed by atoms with Gasteiger partial charge < -0.3 is 10.0 Å². The van der Waals surface area contributed by atoms with E-state index in [1.165, 1.54) is 17.5 Å². The third-order valence-corrected chi connectivity index (χ3v) is 6.27. The Morgan fingerprint density at radius 3 is 2.88 bits per heavy atom. The fourth-order valence-corrected chi connectivity index (χ4v) is 4.75. The number of nitrogens with zero attached hydrogens (tertiary/aromatic N) is 3. The number of rotatable bonds is 4. The average Bonchev–Trinajstić information content (AvgIpc) is 3.11. The summed E-state index contributed by atoms with van der Waals surface area (Å²) in [7, 11) is 2.21. The second kappa shape index (κ2) is 6.90. The number of H-pyrrole nitrogens is 1. The topological polar surface area (TPSA) is 55.4 Å². The van der Waals surface area contributed by atoms with E-state index in [1.807, 2.05) is 12.3 Å². The number of aliphatic hydroxyl groups is 1. The number of benzene rings is 1. The van der Waals surface area contributed by atoms with Gasteiger partial charge in [0, 0.05) is 30.1 Å². The van der Waals surface area contributed by atoms with E-state index in [0.29, 0.717) is 12.6 Å². The summed E-state index contributed by atoms with van der Waals surface area (Å²) in [6, 6.07) is 10.9. The predicted octanol–water partition coefficient (Wildman–Crippen LogP) is 2.36. The van der Waals surface area contributed by atoms with Crippen molar-refractivity contribution in [2.45, 2.75) is 31.8 Å². The molecule has 0 spiro atoms. The standard InChI is InChI=1S/C20H28N4O/c1-23-10-5-8-20(15-25)9-11-24(14-18(20)23)13-17-12-21-22-19(17)16-6-3-2-4-7-16/h2-4,6-7,12,18,25H,5,8-11,13-15H2,1H3,(H,21,22)/t18-,20-/m1/s1. The van der Waals surface area contributed by atoms with E-state index in [-0.39, 0.29) is 5.41 Å². The van der Waals surface area contributed by atoms with Gasteiger partial charge in [-0.05, 0) is 45.0 Å². The molecule has 2 aliphatic rings. The number of hydrogen-bond acceptors (Lipinski definition) is 4. The number of aromatic amines is 1. The van der Waals surface area contributed by atoms with Gasteiger partial charge in [0.15, 0.2) is 0 Å². The first kappa shape index (κ1) is 16.8. The lowest BCUT2D eigenvalue weighted by atomic mass is 9.69. The van der Waals surface area contributed by atoms with Crippen molar-refractivity contribution in [2.24, 2.45) is 5.41 Å². The molecule has 5 nitrogen and oxygen atoms in total. The van der Waals surface area contributed by atoms with Crippen LogP contribution in [0.15, 0.2) is 36.5 Å². The lowest BCUT2D eigenvalue weighted by Gasteiger charge is -2.53. The fourth-order valence-electron chi connectivity index (χ4n) is 4.75. The number of hydrogen-bond donors (Lipinski definition) is 2. The van der Waals surface area contributed by atoms with Crippen LogP contribution >= 0.6 is 0 Å². The van der Waals surface area contributed by atoms with Crippen LogP contribution in [0.1, 0.15) is 24.8 Å². The van der Waals surface area contributed by atoms with Crippen molar-refractivity contribution >= 4 is 0 Å². The zero-order valence-electron chi connectivity index (χ0n) is 15.0. The van der Waals surface area contributed by atoms with E-state index in [1.54, 1.807) is 0 Å². The minimum atomic E-state index is 0.0994. The molecular formula is C20H28N4O. The monoisotopic (exact) mass is 340 g/mol. The normalized spacial score (nSPS) is 28.0. The Morgan fingerprint density at radius 2 is 2.08 bits per heavy atom. The van der Waals surface area contributed by atoms with Crippen molar-refractivity contribution in [3.05, 3.63) is 42.1 Å². The van der Waals surface area contributed by atoms with Crippen LogP contribution in [0.25, 0.3) is 11.3 Å². The van der Waals surface area contributed by atoms with E-state index in [2.05, 4.69) is 51.3 Å². The maximum atomic E-state index is 10.1. The lowest BCUT2D eigenvalue weighted by molar-refractivity contribution is -0.0684. The number of aliphatic hydroxyl groups excluding tert-OH is 1. The van der Waals surface area contributed by atoms with E-state index in [4.69, 9.17) is 0 Å². The van der Waals surface area contributed by atoms with Crippen LogP contribution in [0, 0.1) is 5.41 Å². The molecule has 25 heavy (non-hydrogen) atoms. The number of likely N-dealkylation sites (N-methyl/N-ethyl adjacent to an activating group) is 1. The molecule has 2 aromatic rings. The minimum absolute atomic E-state index is 0.0994. The minimum Gasteiger partial charge on any atom is -0.396 e. The maximum Gasteiger partial charge on any atom is 0.0695 e. The van der Waals surface area contributed by atoms with Crippen LogP contribution < -0.4 is 0 Å². The SMILES string of the molecule is CN1CCC[C@]2(CO)CCN(Cc3cn[nH]c3-c3ccccc3)C[C@@H]12. The molecule has 2 fully saturated rings. The largest absolute Gasteiger partial charge is 0.396 e. The molecule has 2 atom stereocenters. The Hall–Kier alpha value is -1.69. The van der Waals surface area contributed by atoms with Crippen molar-refractivity contribution in [2.75, 3.05) is 33.3 Å². The van der Waals surface area contributed by atoms with E-state index in [0.717, 1.165) is 44.7 Å². The average molecular weight is 340 g/mol. The molecule has 0 saturated carbocycles. The van der Waals surface area contributed by atoms with Gasteiger partial charge in [0.25, 0.3) is 0 Å². The summed E-state index contributed by atoms with van der Waals surface area (Å²) >= 11 is 0. The summed E-state index contributed by atoms with van der Waals surface area (Å²) in [6.45, 7) is 4.44. The quantitative estimate of drug-likeness (QED) is 0.897. The van der Waals surface area contributed by atoms with Crippen LogP contribution in [-0.4, -0.2) is 64.4 Å². The zero-order valence-corrected chi connectivity index (χ0v) is 15.0. The molecule has 134 valence electrons. The summed E-state index contributed by atoms with van der Waals surface area (Å²) in [5.41, 5.74) is 3.66. The van der Waals surface area contributed by atoms with Crippen molar-refractivity contribution < 1.29 is 5.11 Å². The molecule has 1 aromatic carbocycles. The van der Waals surface area contributed by atoms with Crippen LogP contribution in [0.4, 0.5) is 0 Å². The summed E-state index contributed by atoms with van der Waals surface area (Å²) < 4.78 is 0. The Bertz CT molecular complexity index is 701. The van der Waals surface area contributed by atoms with Gasteiger partial charge in [-0.2, -0.15) is 5.10 Å². The number of piperidine rings is 2. The highest BCUT2D eigenvalue weighted by Gasteiger charge is 2.46. The summed E-state index contributed by atoms with van der Waals surface area (Å²) in [4.78, 5) is 4.98. The maximum absolute atomic E-state index is 10.1. The van der Waals surface area contributed by atoms with Crippen molar-refractivity contribution in [1.29, 1.82) is 0 Å². The van der Waals surface area contributed by atoms with Gasteiger partial charge in [0.2, 0.25) is 0 Å². The molecule has 5 heteroatoms. The van der Waals surface area contributed by atoms with Crippen LogP contribution in [0.3, 0.4) is 0 Å². The van der Waals surface area contributed by atoms with Crippen molar-refractivity contribution in [3.8, 4) is 11.3 Å². The number of likely N-dealkylation sites (tertiary alicyclic amines) is 2. The summed E-state index contributed by atoms with van der Waals surface area (Å²) in [6.07, 6.45) is 5.40. The highest BCUT2D eigenvalue weighted by atomic mass is 16.3.